The van der Waals surface area contributed by atoms with Crippen molar-refractivity contribution in [2.45, 2.75) is 52.2 Å². The van der Waals surface area contributed by atoms with Gasteiger partial charge in [0.05, 0.1) is 11.1 Å². The van der Waals surface area contributed by atoms with Gasteiger partial charge in [0.15, 0.2) is 6.10 Å². The molecule has 1 aromatic rings. The van der Waals surface area contributed by atoms with Crippen LogP contribution in [0.2, 0.25) is 0 Å². The Morgan fingerprint density at radius 3 is 1.85 bits per heavy atom. The van der Waals surface area contributed by atoms with E-state index in [0.29, 0.717) is 0 Å². The molecule has 26 heavy (non-hydrogen) atoms. The van der Waals surface area contributed by atoms with Gasteiger partial charge in [0.2, 0.25) is 0 Å². The number of carboxylic acid groups (broad SMARTS) is 1. The van der Waals surface area contributed by atoms with Crippen molar-refractivity contribution in [2.75, 3.05) is 0 Å². The molecule has 0 saturated carbocycles. The molecular weight excluding hydrogens is 350 g/mol. The monoisotopic (exact) mass is 371 g/mol. The average Bonchev–Trinajstić information content (AvgIpc) is 2.50. The highest BCUT2D eigenvalue weighted by atomic mass is 19.3. The Labute approximate surface area is 150 Å². The fraction of sp³-hybridized carbons (Fsp3) is 0.500. The Bertz CT molecular complexity index is 691. The summed E-state index contributed by atoms with van der Waals surface area (Å²) in [7, 11) is 0. The number of carboxylic acids is 1. The molecule has 144 valence electrons. The smallest absolute Gasteiger partial charge is 0.339 e. The van der Waals surface area contributed by atoms with Crippen molar-refractivity contribution in [3.05, 3.63) is 35.4 Å². The van der Waals surface area contributed by atoms with Crippen LogP contribution in [0.1, 0.15) is 55.3 Å². The first-order valence-electron chi connectivity index (χ1n) is 7.90. The molecule has 1 rings (SSSR count). The van der Waals surface area contributed by atoms with Crippen molar-refractivity contribution in [2.24, 2.45) is 5.92 Å². The van der Waals surface area contributed by atoms with Crippen molar-refractivity contribution in [3.8, 4) is 0 Å². The maximum Gasteiger partial charge on any atom is 0.339 e. The van der Waals surface area contributed by atoms with Crippen molar-refractivity contribution in [3.63, 3.8) is 0 Å². The highest BCUT2D eigenvalue weighted by Crippen LogP contribution is 2.28. The summed E-state index contributed by atoms with van der Waals surface area (Å²) in [5.74, 6) is -10.1. The summed E-state index contributed by atoms with van der Waals surface area (Å²) in [6.45, 7) is 7.42. The average molecular weight is 371 g/mol. The van der Waals surface area contributed by atoms with Crippen LogP contribution in [0.25, 0.3) is 0 Å². The van der Waals surface area contributed by atoms with Crippen LogP contribution in [0.4, 0.5) is 8.78 Å². The summed E-state index contributed by atoms with van der Waals surface area (Å²) < 4.78 is 37.5. The number of halogens is 2. The Kier molecular flexibility index (Phi) is 6.46. The molecule has 0 bridgehead atoms. The maximum absolute atomic E-state index is 13.8. The lowest BCUT2D eigenvalue weighted by atomic mass is 10.00. The molecule has 0 fully saturated rings. The third kappa shape index (κ3) is 5.24. The van der Waals surface area contributed by atoms with Crippen molar-refractivity contribution < 1.29 is 37.7 Å². The van der Waals surface area contributed by atoms with Gasteiger partial charge in [-0.2, -0.15) is 8.78 Å². The molecule has 1 unspecified atom stereocenters. The van der Waals surface area contributed by atoms with Crippen LogP contribution in [0.3, 0.4) is 0 Å². The second-order valence-corrected chi connectivity index (χ2v) is 7.03. The number of hydrogen-bond donors (Lipinski definition) is 0. The third-order valence-electron chi connectivity index (χ3n) is 3.23. The lowest BCUT2D eigenvalue weighted by molar-refractivity contribution is -0.337. The molecule has 0 aliphatic heterocycles. The van der Waals surface area contributed by atoms with Crippen molar-refractivity contribution in [1.29, 1.82) is 0 Å². The minimum absolute atomic E-state index is 0.174. The van der Waals surface area contributed by atoms with Gasteiger partial charge in [0.1, 0.15) is 11.6 Å². The number of aliphatic carboxylic acids is 1. The van der Waals surface area contributed by atoms with Gasteiger partial charge < -0.3 is 19.4 Å². The van der Waals surface area contributed by atoms with Crippen molar-refractivity contribution in [1.82, 2.24) is 0 Å². The zero-order valence-corrected chi connectivity index (χ0v) is 15.2. The molecule has 0 heterocycles. The molecule has 0 spiro atoms. The number of alkyl halides is 2. The van der Waals surface area contributed by atoms with Crippen LogP contribution in [0.15, 0.2) is 24.3 Å². The van der Waals surface area contributed by atoms with Crippen LogP contribution in [-0.2, 0) is 14.3 Å². The van der Waals surface area contributed by atoms with E-state index in [1.165, 1.54) is 38.1 Å². The number of rotatable bonds is 6. The van der Waals surface area contributed by atoms with E-state index in [9.17, 15) is 28.3 Å². The number of carbonyl (C=O) groups is 3. The van der Waals surface area contributed by atoms with Crippen LogP contribution in [0, 0.1) is 5.92 Å². The molecule has 6 nitrogen and oxygen atoms in total. The number of esters is 2. The SMILES string of the molecule is CC(C)C(OC(=O)c1ccccc1C(=O)OC(C)(C)C)C(F)(F)C(=O)[O-]. The van der Waals surface area contributed by atoms with E-state index >= 15 is 0 Å². The Morgan fingerprint density at radius 2 is 1.46 bits per heavy atom. The minimum Gasteiger partial charge on any atom is -0.544 e. The summed E-state index contributed by atoms with van der Waals surface area (Å²) in [6, 6.07) is 5.36. The van der Waals surface area contributed by atoms with Gasteiger partial charge in [-0.05, 0) is 38.8 Å². The minimum atomic E-state index is -4.38. The van der Waals surface area contributed by atoms with Crippen LogP contribution in [-0.4, -0.2) is 35.5 Å². The van der Waals surface area contributed by atoms with Gasteiger partial charge in [-0.25, -0.2) is 9.59 Å². The van der Waals surface area contributed by atoms with Gasteiger partial charge in [0.25, 0.3) is 0 Å². The zero-order chi connectivity index (χ0) is 20.3. The largest absolute Gasteiger partial charge is 0.544 e. The lowest BCUT2D eigenvalue weighted by Crippen LogP contribution is -2.53. The van der Waals surface area contributed by atoms with Gasteiger partial charge >= 0.3 is 17.9 Å². The molecule has 0 N–H and O–H groups in total. The molecule has 1 aromatic carbocycles. The summed E-state index contributed by atoms with van der Waals surface area (Å²) in [4.78, 5) is 35.3. The van der Waals surface area contributed by atoms with Gasteiger partial charge in [-0.15, -0.1) is 0 Å². The molecule has 8 heteroatoms. The molecule has 0 amide bonds. The Hall–Kier alpha value is -2.51. The molecule has 0 saturated heterocycles. The zero-order valence-electron chi connectivity index (χ0n) is 15.2. The Balaban J connectivity index is 3.18. The first-order chi connectivity index (χ1) is 11.8. The van der Waals surface area contributed by atoms with Crippen LogP contribution in [0.5, 0.6) is 0 Å². The van der Waals surface area contributed by atoms with E-state index < -0.39 is 41.5 Å². The summed E-state index contributed by atoms with van der Waals surface area (Å²) in [6.07, 6.45) is -2.26. The highest BCUT2D eigenvalue weighted by Gasteiger charge is 2.46. The molecule has 1 atom stereocenters. The topological polar surface area (TPSA) is 92.7 Å². The van der Waals surface area contributed by atoms with E-state index in [2.05, 4.69) is 0 Å². The van der Waals surface area contributed by atoms with Gasteiger partial charge in [0, 0.05) is 0 Å². The predicted octanol–water partition coefficient (Wildman–Crippen LogP) is 2.21. The van der Waals surface area contributed by atoms with E-state index in [-0.39, 0.29) is 11.1 Å². The maximum atomic E-state index is 13.8. The normalized spacial score (nSPS) is 13.2. The molecule has 0 aliphatic carbocycles. The number of benzene rings is 1. The fourth-order valence-electron chi connectivity index (χ4n) is 2.10. The fourth-order valence-corrected chi connectivity index (χ4v) is 2.10. The third-order valence-corrected chi connectivity index (χ3v) is 3.23. The van der Waals surface area contributed by atoms with E-state index in [4.69, 9.17) is 9.47 Å². The van der Waals surface area contributed by atoms with Crippen molar-refractivity contribution >= 4 is 17.9 Å². The predicted molar refractivity (Wildman–Crippen MR) is 85.6 cm³/mol. The van der Waals surface area contributed by atoms with Crippen LogP contribution >= 0.6 is 0 Å². The number of hydrogen-bond acceptors (Lipinski definition) is 6. The van der Waals surface area contributed by atoms with Gasteiger partial charge in [-0.3, -0.25) is 0 Å². The first kappa shape index (κ1) is 21.5. The van der Waals surface area contributed by atoms with Crippen LogP contribution < -0.4 is 5.11 Å². The first-order valence-corrected chi connectivity index (χ1v) is 7.90. The summed E-state index contributed by atoms with van der Waals surface area (Å²) >= 11 is 0. The quantitative estimate of drug-likeness (QED) is 0.712. The lowest BCUT2D eigenvalue weighted by Gasteiger charge is -2.30. The van der Waals surface area contributed by atoms with E-state index in [1.54, 1.807) is 20.8 Å². The molecule has 0 radical (unpaired) electrons. The van der Waals surface area contributed by atoms with E-state index in [0.717, 1.165) is 0 Å². The molecular formula is C18H21F2O6-. The molecule has 0 aliphatic rings. The highest BCUT2D eigenvalue weighted by molar-refractivity contribution is 6.03. The number of ether oxygens (including phenoxy) is 2. The Morgan fingerprint density at radius 1 is 1.00 bits per heavy atom. The second kappa shape index (κ2) is 7.80. The van der Waals surface area contributed by atoms with E-state index in [1.807, 2.05) is 0 Å². The summed E-state index contributed by atoms with van der Waals surface area (Å²) in [5, 5.41) is 10.7. The summed E-state index contributed by atoms with van der Waals surface area (Å²) in [5.41, 5.74) is -1.32. The van der Waals surface area contributed by atoms with Gasteiger partial charge in [-0.1, -0.05) is 26.0 Å². The standard InChI is InChI=1S/C18H22F2O6/c1-10(2)13(18(19,20)16(23)24)25-14(21)11-8-6-7-9-12(11)15(22)26-17(3,4)5/h6-10,13H,1-5H3,(H,23,24)/p-1. The number of carbonyl (C=O) groups excluding carboxylic acids is 3. The molecule has 0 aromatic heterocycles. The second-order valence-electron chi connectivity index (χ2n) is 7.03.